The number of aryl methyl sites for hydroxylation is 3. The normalized spacial score (nSPS) is 21.1. The van der Waals surface area contributed by atoms with Crippen molar-refractivity contribution in [3.05, 3.63) is 28.8 Å². The molecular weight excluding hydrogens is 346 g/mol. The number of imide groups is 1. The predicted octanol–water partition coefficient (Wildman–Crippen LogP) is 2.02. The Morgan fingerprint density at radius 2 is 1.67 bits per heavy atom. The van der Waals surface area contributed by atoms with Crippen LogP contribution >= 0.6 is 0 Å². The molecule has 7 nitrogen and oxygen atoms in total. The van der Waals surface area contributed by atoms with Gasteiger partial charge < -0.3 is 9.64 Å². The number of nitrogens with zero attached hydrogens (tertiary/aromatic N) is 3. The van der Waals surface area contributed by atoms with Gasteiger partial charge in [0.1, 0.15) is 0 Å². The first kappa shape index (κ1) is 19.4. The second-order valence-electron chi connectivity index (χ2n) is 7.26. The zero-order valence-electron chi connectivity index (χ0n) is 16.4. The van der Waals surface area contributed by atoms with E-state index in [0.29, 0.717) is 38.5 Å². The summed E-state index contributed by atoms with van der Waals surface area (Å²) in [6.45, 7) is 10.1. The first-order chi connectivity index (χ1) is 12.8. The molecule has 1 aromatic carbocycles. The van der Waals surface area contributed by atoms with Crippen molar-refractivity contribution in [2.24, 2.45) is 0 Å². The van der Waals surface area contributed by atoms with Crippen molar-refractivity contribution < 1.29 is 19.1 Å². The van der Waals surface area contributed by atoms with E-state index in [0.717, 1.165) is 16.7 Å². The number of amides is 3. The molecule has 0 bridgehead atoms. The highest BCUT2D eigenvalue weighted by Gasteiger charge is 2.44. The largest absolute Gasteiger partial charge is 0.450 e. The molecule has 0 saturated carbocycles. The van der Waals surface area contributed by atoms with E-state index in [1.807, 2.05) is 37.8 Å². The number of carbonyl (C=O) groups is 3. The van der Waals surface area contributed by atoms with Gasteiger partial charge in [-0.3, -0.25) is 14.5 Å². The van der Waals surface area contributed by atoms with Crippen LogP contribution in [0.5, 0.6) is 0 Å². The molecule has 2 saturated heterocycles. The lowest BCUT2D eigenvalue weighted by Gasteiger charge is -2.36. The van der Waals surface area contributed by atoms with Gasteiger partial charge in [-0.25, -0.2) is 9.69 Å². The van der Waals surface area contributed by atoms with E-state index >= 15 is 0 Å². The van der Waals surface area contributed by atoms with Crippen LogP contribution in [0.15, 0.2) is 12.1 Å². The van der Waals surface area contributed by atoms with Crippen LogP contribution in [-0.2, 0) is 14.3 Å². The maximum Gasteiger partial charge on any atom is 0.409 e. The van der Waals surface area contributed by atoms with Crippen molar-refractivity contribution in [1.82, 2.24) is 9.80 Å². The van der Waals surface area contributed by atoms with Crippen LogP contribution in [0.4, 0.5) is 10.5 Å². The summed E-state index contributed by atoms with van der Waals surface area (Å²) in [5, 5.41) is 0. The van der Waals surface area contributed by atoms with E-state index in [-0.39, 0.29) is 24.3 Å². The third kappa shape index (κ3) is 3.69. The molecule has 2 aliphatic heterocycles. The number of benzene rings is 1. The summed E-state index contributed by atoms with van der Waals surface area (Å²) < 4.78 is 5.03. The van der Waals surface area contributed by atoms with Crippen LogP contribution in [0.2, 0.25) is 0 Å². The molecule has 3 rings (SSSR count). The zero-order chi connectivity index (χ0) is 19.7. The van der Waals surface area contributed by atoms with E-state index in [1.54, 1.807) is 11.8 Å². The van der Waals surface area contributed by atoms with Gasteiger partial charge in [-0.1, -0.05) is 17.7 Å². The molecule has 0 N–H and O–H groups in total. The van der Waals surface area contributed by atoms with Crippen LogP contribution < -0.4 is 4.90 Å². The van der Waals surface area contributed by atoms with Crippen molar-refractivity contribution in [1.29, 1.82) is 0 Å². The molecule has 2 aliphatic rings. The van der Waals surface area contributed by atoms with Gasteiger partial charge in [0.2, 0.25) is 5.91 Å². The molecular formula is C20H27N3O4. The number of hydrogen-bond acceptors (Lipinski definition) is 5. The van der Waals surface area contributed by atoms with E-state index in [4.69, 9.17) is 4.74 Å². The summed E-state index contributed by atoms with van der Waals surface area (Å²) in [4.78, 5) is 42.6. The molecule has 0 spiro atoms. The van der Waals surface area contributed by atoms with E-state index < -0.39 is 6.04 Å². The standard InChI is InChI=1S/C20H27N3O4/c1-5-27-20(26)22-8-6-21(7-9-22)16-12-17(24)23(19(16)25)18-14(3)10-13(2)11-15(18)4/h10-11,16H,5-9,12H2,1-4H3/t16-/m0/s1. The van der Waals surface area contributed by atoms with Gasteiger partial charge in [0, 0.05) is 26.2 Å². The first-order valence-corrected chi connectivity index (χ1v) is 9.43. The second-order valence-corrected chi connectivity index (χ2v) is 7.26. The third-order valence-electron chi connectivity index (χ3n) is 5.26. The molecule has 27 heavy (non-hydrogen) atoms. The van der Waals surface area contributed by atoms with Gasteiger partial charge in [-0.15, -0.1) is 0 Å². The molecule has 2 heterocycles. The Labute approximate surface area is 159 Å². The van der Waals surface area contributed by atoms with Gasteiger partial charge in [-0.2, -0.15) is 0 Å². The number of anilines is 1. The summed E-state index contributed by atoms with van der Waals surface area (Å²) in [6, 6.07) is 3.53. The number of hydrogen-bond donors (Lipinski definition) is 0. The fourth-order valence-corrected chi connectivity index (χ4v) is 4.09. The summed E-state index contributed by atoms with van der Waals surface area (Å²) in [6.07, 6.45) is -0.135. The molecule has 146 valence electrons. The lowest BCUT2D eigenvalue weighted by atomic mass is 10.0. The molecule has 0 unspecified atom stereocenters. The smallest absolute Gasteiger partial charge is 0.409 e. The average Bonchev–Trinajstić information content (AvgIpc) is 2.90. The van der Waals surface area contributed by atoms with Crippen molar-refractivity contribution in [2.45, 2.75) is 40.2 Å². The average molecular weight is 373 g/mol. The Hall–Kier alpha value is -2.41. The van der Waals surface area contributed by atoms with E-state index in [1.165, 1.54) is 4.90 Å². The number of piperazine rings is 1. The molecule has 0 radical (unpaired) electrons. The maximum absolute atomic E-state index is 13.1. The number of rotatable bonds is 3. The van der Waals surface area contributed by atoms with Crippen LogP contribution in [-0.4, -0.2) is 66.5 Å². The van der Waals surface area contributed by atoms with Gasteiger partial charge in [0.05, 0.1) is 24.8 Å². The van der Waals surface area contributed by atoms with Crippen LogP contribution in [0.3, 0.4) is 0 Å². The second kappa shape index (κ2) is 7.68. The first-order valence-electron chi connectivity index (χ1n) is 9.43. The predicted molar refractivity (Wildman–Crippen MR) is 102 cm³/mol. The van der Waals surface area contributed by atoms with Crippen LogP contribution in [0, 0.1) is 20.8 Å². The SMILES string of the molecule is CCOC(=O)N1CCN([C@H]2CC(=O)N(c3c(C)cc(C)cc3C)C2=O)CC1. The van der Waals surface area contributed by atoms with Gasteiger partial charge in [-0.05, 0) is 38.8 Å². The fourth-order valence-electron chi connectivity index (χ4n) is 4.09. The molecule has 3 amide bonds. The fraction of sp³-hybridized carbons (Fsp3) is 0.550. The van der Waals surface area contributed by atoms with Crippen molar-refractivity contribution in [2.75, 3.05) is 37.7 Å². The molecule has 2 fully saturated rings. The lowest BCUT2D eigenvalue weighted by molar-refractivity contribution is -0.123. The summed E-state index contributed by atoms with van der Waals surface area (Å²) in [7, 11) is 0. The van der Waals surface area contributed by atoms with Gasteiger partial charge in [0.25, 0.3) is 5.91 Å². The third-order valence-corrected chi connectivity index (χ3v) is 5.26. The Bertz CT molecular complexity index is 745. The Kier molecular flexibility index (Phi) is 5.51. The minimum atomic E-state index is -0.457. The molecule has 1 aromatic rings. The quantitative estimate of drug-likeness (QED) is 0.758. The van der Waals surface area contributed by atoms with Crippen LogP contribution in [0.25, 0.3) is 0 Å². The van der Waals surface area contributed by atoms with Crippen molar-refractivity contribution in [3.8, 4) is 0 Å². The van der Waals surface area contributed by atoms with Crippen LogP contribution in [0.1, 0.15) is 30.0 Å². The Morgan fingerprint density at radius 1 is 1.07 bits per heavy atom. The Balaban J connectivity index is 1.73. The minimum absolute atomic E-state index is 0.159. The Morgan fingerprint density at radius 3 is 2.22 bits per heavy atom. The number of ether oxygens (including phenoxy) is 1. The minimum Gasteiger partial charge on any atom is -0.450 e. The molecule has 7 heteroatoms. The maximum atomic E-state index is 13.1. The van der Waals surface area contributed by atoms with Gasteiger partial charge in [0.15, 0.2) is 0 Å². The summed E-state index contributed by atoms with van der Waals surface area (Å²) >= 11 is 0. The lowest BCUT2D eigenvalue weighted by Crippen LogP contribution is -2.54. The topological polar surface area (TPSA) is 70.2 Å². The highest BCUT2D eigenvalue weighted by atomic mass is 16.6. The zero-order valence-corrected chi connectivity index (χ0v) is 16.4. The molecule has 1 atom stereocenters. The van der Waals surface area contributed by atoms with Crippen molar-refractivity contribution in [3.63, 3.8) is 0 Å². The molecule has 0 aromatic heterocycles. The monoisotopic (exact) mass is 373 g/mol. The summed E-state index contributed by atoms with van der Waals surface area (Å²) in [5.41, 5.74) is 3.69. The van der Waals surface area contributed by atoms with E-state index in [9.17, 15) is 14.4 Å². The van der Waals surface area contributed by atoms with Crippen molar-refractivity contribution >= 4 is 23.6 Å². The number of carbonyl (C=O) groups excluding carboxylic acids is 3. The highest BCUT2D eigenvalue weighted by molar-refractivity contribution is 6.23. The molecule has 0 aliphatic carbocycles. The summed E-state index contributed by atoms with van der Waals surface area (Å²) in [5.74, 6) is -0.326. The van der Waals surface area contributed by atoms with Gasteiger partial charge >= 0.3 is 6.09 Å². The van der Waals surface area contributed by atoms with E-state index in [2.05, 4.69) is 0 Å². The highest BCUT2D eigenvalue weighted by Crippen LogP contribution is 2.32.